The number of hydrogen-bond donors (Lipinski definition) is 2. The molecule has 0 aromatic rings. The van der Waals surface area contributed by atoms with E-state index in [1.54, 1.807) is 0 Å². The maximum Gasteiger partial charge on any atom is 0.191 e. The van der Waals surface area contributed by atoms with Gasteiger partial charge in [-0.3, -0.25) is 9.89 Å². The van der Waals surface area contributed by atoms with Crippen LogP contribution < -0.4 is 10.6 Å². The molecule has 2 N–H and O–H groups in total. The minimum atomic E-state index is 0. The van der Waals surface area contributed by atoms with E-state index in [9.17, 15) is 0 Å². The molecule has 0 spiro atoms. The lowest BCUT2D eigenvalue weighted by atomic mass is 10.0. The number of likely N-dealkylation sites (N-methyl/N-ethyl adjacent to an activating group) is 1. The van der Waals surface area contributed by atoms with Crippen molar-refractivity contribution in [3.8, 4) is 0 Å². The predicted octanol–water partition coefficient (Wildman–Crippen LogP) is 2.39. The van der Waals surface area contributed by atoms with E-state index in [4.69, 9.17) is 9.73 Å². The highest BCUT2D eigenvalue weighted by Gasteiger charge is 2.23. The first-order valence-electron chi connectivity index (χ1n) is 10.7. The van der Waals surface area contributed by atoms with Gasteiger partial charge in [0.25, 0.3) is 0 Å². The third-order valence-electron chi connectivity index (χ3n) is 5.77. The van der Waals surface area contributed by atoms with Crippen molar-refractivity contribution in [1.29, 1.82) is 0 Å². The number of halogens is 1. The SMILES string of the molecule is CCNC(=NCC(C(C)C)N1CCOCC1)NCCN(C)C1CCCC1.I. The van der Waals surface area contributed by atoms with Crippen molar-refractivity contribution < 1.29 is 4.74 Å². The highest BCUT2D eigenvalue weighted by Crippen LogP contribution is 2.21. The maximum absolute atomic E-state index is 5.50. The van der Waals surface area contributed by atoms with Crippen LogP contribution in [0.15, 0.2) is 4.99 Å². The molecule has 1 saturated heterocycles. The van der Waals surface area contributed by atoms with Gasteiger partial charge in [0.15, 0.2) is 5.96 Å². The van der Waals surface area contributed by atoms with Gasteiger partial charge in [-0.15, -0.1) is 24.0 Å². The third-order valence-corrected chi connectivity index (χ3v) is 5.77. The van der Waals surface area contributed by atoms with Crippen LogP contribution in [0.4, 0.5) is 0 Å². The first-order chi connectivity index (χ1) is 12.6. The second-order valence-electron chi connectivity index (χ2n) is 8.02. The molecular formula is C20H42IN5O. The minimum Gasteiger partial charge on any atom is -0.379 e. The topological polar surface area (TPSA) is 52.1 Å². The Labute approximate surface area is 183 Å². The zero-order chi connectivity index (χ0) is 18.8. The summed E-state index contributed by atoms with van der Waals surface area (Å²) in [6, 6.07) is 1.26. The van der Waals surface area contributed by atoms with Gasteiger partial charge < -0.3 is 20.3 Å². The van der Waals surface area contributed by atoms with Crippen molar-refractivity contribution >= 4 is 29.9 Å². The molecular weight excluding hydrogens is 453 g/mol. The Morgan fingerprint density at radius 1 is 1.19 bits per heavy atom. The van der Waals surface area contributed by atoms with Crippen molar-refractivity contribution in [1.82, 2.24) is 20.4 Å². The Bertz CT molecular complexity index is 409. The number of nitrogens with one attached hydrogen (secondary N) is 2. The lowest BCUT2D eigenvalue weighted by Gasteiger charge is -2.36. The molecule has 1 aliphatic carbocycles. The quantitative estimate of drug-likeness (QED) is 0.292. The van der Waals surface area contributed by atoms with Crippen molar-refractivity contribution in [2.24, 2.45) is 10.9 Å². The molecule has 0 aromatic heterocycles. The van der Waals surface area contributed by atoms with E-state index in [-0.39, 0.29) is 24.0 Å². The van der Waals surface area contributed by atoms with E-state index in [1.165, 1.54) is 25.7 Å². The summed E-state index contributed by atoms with van der Waals surface area (Å²) < 4.78 is 5.50. The van der Waals surface area contributed by atoms with Gasteiger partial charge in [0, 0.05) is 44.8 Å². The van der Waals surface area contributed by atoms with Crippen molar-refractivity contribution in [3.63, 3.8) is 0 Å². The van der Waals surface area contributed by atoms with Gasteiger partial charge in [0.2, 0.25) is 0 Å². The number of nitrogens with zero attached hydrogens (tertiary/aromatic N) is 3. The summed E-state index contributed by atoms with van der Waals surface area (Å²) in [5.41, 5.74) is 0. The molecule has 1 saturated carbocycles. The summed E-state index contributed by atoms with van der Waals surface area (Å²) in [6.45, 7) is 14.2. The first-order valence-corrected chi connectivity index (χ1v) is 10.7. The average molecular weight is 495 g/mol. The molecule has 0 bridgehead atoms. The van der Waals surface area contributed by atoms with Crippen LogP contribution in [0.5, 0.6) is 0 Å². The number of morpholine rings is 1. The molecule has 2 fully saturated rings. The smallest absolute Gasteiger partial charge is 0.191 e. The van der Waals surface area contributed by atoms with E-state index in [2.05, 4.69) is 48.3 Å². The average Bonchev–Trinajstić information content (AvgIpc) is 3.17. The fourth-order valence-corrected chi connectivity index (χ4v) is 4.06. The lowest BCUT2D eigenvalue weighted by Crippen LogP contribution is -2.48. The largest absolute Gasteiger partial charge is 0.379 e. The summed E-state index contributed by atoms with van der Waals surface area (Å²) >= 11 is 0. The second-order valence-corrected chi connectivity index (χ2v) is 8.02. The summed E-state index contributed by atoms with van der Waals surface area (Å²) in [6.07, 6.45) is 5.51. The molecule has 0 aromatic carbocycles. The molecule has 0 amide bonds. The molecule has 1 unspecified atom stereocenters. The number of guanidine groups is 1. The van der Waals surface area contributed by atoms with E-state index in [0.29, 0.717) is 12.0 Å². The summed E-state index contributed by atoms with van der Waals surface area (Å²) in [5.74, 6) is 1.54. The Balaban J connectivity index is 0.00000364. The number of aliphatic imine (C=N–C) groups is 1. The molecule has 2 rings (SSSR count). The number of rotatable bonds is 9. The first kappa shape index (κ1) is 24.9. The molecule has 27 heavy (non-hydrogen) atoms. The normalized spacial score (nSPS) is 20.7. The van der Waals surface area contributed by atoms with Crippen LogP contribution >= 0.6 is 24.0 Å². The van der Waals surface area contributed by atoms with E-state index in [1.807, 2.05) is 0 Å². The fourth-order valence-electron chi connectivity index (χ4n) is 4.06. The van der Waals surface area contributed by atoms with Gasteiger partial charge in [-0.25, -0.2) is 0 Å². The zero-order valence-corrected chi connectivity index (χ0v) is 20.2. The van der Waals surface area contributed by atoms with E-state index < -0.39 is 0 Å². The maximum atomic E-state index is 5.50. The van der Waals surface area contributed by atoms with Crippen LogP contribution in [0.1, 0.15) is 46.5 Å². The van der Waals surface area contributed by atoms with E-state index >= 15 is 0 Å². The highest BCUT2D eigenvalue weighted by atomic mass is 127. The van der Waals surface area contributed by atoms with Crippen molar-refractivity contribution in [2.75, 3.05) is 59.5 Å². The molecule has 7 heteroatoms. The second kappa shape index (κ2) is 14.0. The van der Waals surface area contributed by atoms with Crippen molar-refractivity contribution in [2.45, 2.75) is 58.5 Å². The Morgan fingerprint density at radius 2 is 1.85 bits per heavy atom. The summed E-state index contributed by atoms with van der Waals surface area (Å²) in [5, 5.41) is 6.93. The van der Waals surface area contributed by atoms with Crippen LogP contribution in [0.25, 0.3) is 0 Å². The van der Waals surface area contributed by atoms with Gasteiger partial charge in [-0.05, 0) is 32.7 Å². The molecule has 1 aliphatic heterocycles. The molecule has 1 atom stereocenters. The van der Waals surface area contributed by atoms with Gasteiger partial charge >= 0.3 is 0 Å². The molecule has 0 radical (unpaired) electrons. The Morgan fingerprint density at radius 3 is 2.44 bits per heavy atom. The number of hydrogen-bond acceptors (Lipinski definition) is 4. The molecule has 160 valence electrons. The van der Waals surface area contributed by atoms with Crippen LogP contribution in [0.2, 0.25) is 0 Å². The minimum absolute atomic E-state index is 0. The predicted molar refractivity (Wildman–Crippen MR) is 125 cm³/mol. The van der Waals surface area contributed by atoms with Crippen LogP contribution in [0, 0.1) is 5.92 Å². The number of ether oxygens (including phenoxy) is 1. The molecule has 2 aliphatic rings. The molecule has 1 heterocycles. The van der Waals surface area contributed by atoms with E-state index in [0.717, 1.165) is 64.5 Å². The van der Waals surface area contributed by atoms with Gasteiger partial charge in [0.1, 0.15) is 0 Å². The summed E-state index contributed by atoms with van der Waals surface area (Å²) in [7, 11) is 2.26. The third kappa shape index (κ3) is 8.83. The van der Waals surface area contributed by atoms with Crippen LogP contribution in [-0.2, 0) is 4.74 Å². The fraction of sp³-hybridized carbons (Fsp3) is 0.950. The van der Waals surface area contributed by atoms with Gasteiger partial charge in [-0.2, -0.15) is 0 Å². The van der Waals surface area contributed by atoms with Gasteiger partial charge in [0.05, 0.1) is 19.8 Å². The Kier molecular flexibility index (Phi) is 12.9. The standard InChI is InChI=1S/C20H41N5O.HI/c1-5-21-20(22-10-11-24(4)18-8-6-7-9-18)23-16-19(17(2)3)25-12-14-26-15-13-25;/h17-19H,5-16H2,1-4H3,(H2,21,22,23);1H. The van der Waals surface area contributed by atoms with Crippen LogP contribution in [0.3, 0.4) is 0 Å². The van der Waals surface area contributed by atoms with Gasteiger partial charge in [-0.1, -0.05) is 26.7 Å². The lowest BCUT2D eigenvalue weighted by molar-refractivity contribution is 0.00867. The summed E-state index contributed by atoms with van der Waals surface area (Å²) in [4.78, 5) is 9.94. The highest BCUT2D eigenvalue weighted by molar-refractivity contribution is 14.0. The van der Waals surface area contributed by atoms with Crippen LogP contribution in [-0.4, -0.2) is 87.4 Å². The van der Waals surface area contributed by atoms with Crippen molar-refractivity contribution in [3.05, 3.63) is 0 Å². The monoisotopic (exact) mass is 495 g/mol. The molecule has 6 nitrogen and oxygen atoms in total. The Hall–Kier alpha value is -0.120. The zero-order valence-electron chi connectivity index (χ0n) is 17.9.